The van der Waals surface area contributed by atoms with E-state index in [0.29, 0.717) is 36.9 Å². The second-order valence-electron chi connectivity index (χ2n) is 10.9. The Bertz CT molecular complexity index is 1080. The summed E-state index contributed by atoms with van der Waals surface area (Å²) in [6, 6.07) is 10.4. The van der Waals surface area contributed by atoms with E-state index >= 15 is 0 Å². The largest absolute Gasteiger partial charge is 0.481 e. The summed E-state index contributed by atoms with van der Waals surface area (Å²) in [6.45, 7) is 0.106. The number of fused-ring (bicyclic) bond motifs is 3. The summed E-state index contributed by atoms with van der Waals surface area (Å²) in [6.07, 6.45) is 1.52. The first kappa shape index (κ1) is 25.3. The third-order valence-corrected chi connectivity index (χ3v) is 8.72. The summed E-state index contributed by atoms with van der Waals surface area (Å²) >= 11 is 0. The van der Waals surface area contributed by atoms with E-state index in [1.54, 1.807) is 0 Å². The number of benzene rings is 2. The maximum Gasteiger partial charge on any atom is 0.391 e. The predicted octanol–water partition coefficient (Wildman–Crippen LogP) is 7.06. The van der Waals surface area contributed by atoms with E-state index in [-0.39, 0.29) is 36.9 Å². The number of nitrogens with one attached hydrogen (secondary N) is 1. The molecular weight excluding hydrogens is 472 g/mol. The summed E-state index contributed by atoms with van der Waals surface area (Å²) in [4.78, 5) is 14.0. The lowest BCUT2D eigenvalue weighted by atomic mass is 9.78. The van der Waals surface area contributed by atoms with Gasteiger partial charge in [-0.3, -0.25) is 9.69 Å². The lowest BCUT2D eigenvalue weighted by Gasteiger charge is -2.48. The first-order chi connectivity index (χ1) is 17.2. The highest BCUT2D eigenvalue weighted by atomic mass is 19.4. The molecule has 2 aliphatic heterocycles. The number of piperidine rings is 2. The number of hydrogen-bond donors (Lipinski definition) is 2. The number of anilines is 1. The molecule has 3 fully saturated rings. The van der Waals surface area contributed by atoms with Gasteiger partial charge in [0.15, 0.2) is 0 Å². The van der Waals surface area contributed by atoms with Gasteiger partial charge in [0.25, 0.3) is 0 Å². The van der Waals surface area contributed by atoms with Crippen molar-refractivity contribution in [2.45, 2.75) is 95.3 Å². The molecule has 2 aromatic rings. The summed E-state index contributed by atoms with van der Waals surface area (Å²) in [5.41, 5.74) is 2.35. The van der Waals surface area contributed by atoms with Gasteiger partial charge in [-0.25, -0.2) is 4.39 Å². The molecule has 36 heavy (non-hydrogen) atoms. The van der Waals surface area contributed by atoms with Crippen LogP contribution in [0.5, 0.6) is 0 Å². The Morgan fingerprint density at radius 1 is 1.00 bits per heavy atom. The molecule has 5 rings (SSSR count). The van der Waals surface area contributed by atoms with E-state index in [4.69, 9.17) is 0 Å². The minimum atomic E-state index is -4.14. The smallest absolute Gasteiger partial charge is 0.391 e. The summed E-state index contributed by atoms with van der Waals surface area (Å²) in [5.74, 6) is -2.18. The van der Waals surface area contributed by atoms with Crippen molar-refractivity contribution in [3.63, 3.8) is 0 Å². The molecule has 2 unspecified atom stereocenters. The number of carboxylic acid groups (broad SMARTS) is 1. The topological polar surface area (TPSA) is 52.6 Å². The van der Waals surface area contributed by atoms with Crippen LogP contribution in [0.1, 0.15) is 68.9 Å². The molecule has 8 heteroatoms. The van der Waals surface area contributed by atoms with Crippen molar-refractivity contribution < 1.29 is 27.5 Å². The minimum Gasteiger partial charge on any atom is -0.481 e. The lowest BCUT2D eigenvalue weighted by molar-refractivity contribution is -0.182. The Labute approximate surface area is 209 Å². The Hall–Kier alpha value is -2.35. The minimum absolute atomic E-state index is 0.0845. The number of carboxylic acids is 1. The van der Waals surface area contributed by atoms with Gasteiger partial charge in [-0.2, -0.15) is 13.2 Å². The monoisotopic (exact) mass is 506 g/mol. The first-order valence-corrected chi connectivity index (χ1v) is 13.1. The van der Waals surface area contributed by atoms with Gasteiger partial charge in [0.05, 0.1) is 11.8 Å². The predicted molar refractivity (Wildman–Crippen MR) is 132 cm³/mol. The molecule has 2 heterocycles. The van der Waals surface area contributed by atoms with Crippen molar-refractivity contribution in [3.05, 3.63) is 41.5 Å². The third kappa shape index (κ3) is 5.20. The second kappa shape index (κ2) is 10.2. The maximum absolute atomic E-state index is 14.2. The van der Waals surface area contributed by atoms with E-state index in [1.165, 1.54) is 0 Å². The summed E-state index contributed by atoms with van der Waals surface area (Å²) < 4.78 is 53.1. The highest BCUT2D eigenvalue weighted by molar-refractivity contribution is 5.90. The molecule has 0 amide bonds. The Kier molecular flexibility index (Phi) is 7.16. The maximum atomic E-state index is 14.2. The molecule has 2 saturated heterocycles. The summed E-state index contributed by atoms with van der Waals surface area (Å²) in [7, 11) is 0. The fourth-order valence-electron chi connectivity index (χ4n) is 6.76. The molecule has 2 bridgehead atoms. The molecule has 1 aliphatic carbocycles. The Balaban J connectivity index is 1.30. The van der Waals surface area contributed by atoms with Crippen molar-refractivity contribution in [2.24, 2.45) is 11.8 Å². The molecular formula is C28H34F4N2O2. The van der Waals surface area contributed by atoms with Gasteiger partial charge < -0.3 is 10.4 Å². The normalized spacial score (nSPS) is 29.3. The molecule has 4 nitrogen and oxygen atoms in total. The standard InChI is InChI=1S/C28H34F4N2O2/c29-15-25-24-10-4-17(16-34-22-2-1-3-23(34)14-19(13-22)27(35)36)12-18(24)5-11-26(25)33-21-8-6-20(7-9-21)28(30,31)32/h4-5,10-12,19-23,33H,1-3,6-9,13-16H2,(H,35,36). The average molecular weight is 507 g/mol. The zero-order chi connectivity index (χ0) is 25.4. The van der Waals surface area contributed by atoms with Crippen LogP contribution < -0.4 is 5.32 Å². The molecule has 2 N–H and O–H groups in total. The van der Waals surface area contributed by atoms with E-state index in [2.05, 4.69) is 16.3 Å². The van der Waals surface area contributed by atoms with Crippen LogP contribution in [-0.4, -0.2) is 40.3 Å². The highest BCUT2D eigenvalue weighted by Gasteiger charge is 2.42. The van der Waals surface area contributed by atoms with Gasteiger partial charge in [-0.1, -0.05) is 24.6 Å². The molecule has 196 valence electrons. The zero-order valence-corrected chi connectivity index (χ0v) is 20.4. The van der Waals surface area contributed by atoms with E-state index < -0.39 is 24.7 Å². The quantitative estimate of drug-likeness (QED) is 0.412. The van der Waals surface area contributed by atoms with Gasteiger partial charge in [0, 0.05) is 35.9 Å². The number of nitrogens with zero attached hydrogens (tertiary/aromatic N) is 1. The van der Waals surface area contributed by atoms with E-state index in [1.807, 2.05) is 24.3 Å². The van der Waals surface area contributed by atoms with Gasteiger partial charge in [-0.15, -0.1) is 0 Å². The number of hydrogen-bond acceptors (Lipinski definition) is 3. The van der Waals surface area contributed by atoms with Crippen LogP contribution in [0.2, 0.25) is 0 Å². The average Bonchev–Trinajstić information content (AvgIpc) is 2.83. The van der Waals surface area contributed by atoms with Crippen molar-refractivity contribution in [1.29, 1.82) is 0 Å². The fraction of sp³-hybridized carbons (Fsp3) is 0.607. The highest BCUT2D eigenvalue weighted by Crippen LogP contribution is 2.40. The summed E-state index contributed by atoms with van der Waals surface area (Å²) in [5, 5.41) is 14.6. The van der Waals surface area contributed by atoms with Crippen molar-refractivity contribution in [1.82, 2.24) is 4.90 Å². The zero-order valence-electron chi connectivity index (χ0n) is 20.4. The fourth-order valence-corrected chi connectivity index (χ4v) is 6.76. The lowest BCUT2D eigenvalue weighted by Crippen LogP contribution is -2.52. The van der Waals surface area contributed by atoms with E-state index in [9.17, 15) is 27.5 Å². The van der Waals surface area contributed by atoms with Crippen LogP contribution >= 0.6 is 0 Å². The number of halogens is 4. The van der Waals surface area contributed by atoms with Crippen molar-refractivity contribution >= 4 is 22.4 Å². The Morgan fingerprint density at radius 3 is 2.31 bits per heavy atom. The van der Waals surface area contributed by atoms with Crippen LogP contribution in [0.15, 0.2) is 30.3 Å². The number of aliphatic carboxylic acids is 1. The first-order valence-electron chi connectivity index (χ1n) is 13.1. The molecule has 2 aromatic carbocycles. The van der Waals surface area contributed by atoms with Crippen LogP contribution in [0.4, 0.5) is 23.2 Å². The second-order valence-corrected chi connectivity index (χ2v) is 10.9. The van der Waals surface area contributed by atoms with Crippen LogP contribution in [0, 0.1) is 11.8 Å². The molecule has 0 aromatic heterocycles. The molecule has 0 spiro atoms. The number of carbonyl (C=O) groups is 1. The van der Waals surface area contributed by atoms with Gasteiger partial charge in [-0.05, 0) is 79.8 Å². The number of rotatable bonds is 6. The van der Waals surface area contributed by atoms with Crippen molar-refractivity contribution in [2.75, 3.05) is 5.32 Å². The third-order valence-electron chi connectivity index (χ3n) is 8.72. The number of alkyl halides is 4. The molecule has 0 radical (unpaired) electrons. The van der Waals surface area contributed by atoms with Gasteiger partial charge in [0.2, 0.25) is 0 Å². The molecule has 3 aliphatic rings. The molecule has 1 saturated carbocycles. The Morgan fingerprint density at radius 2 is 1.69 bits per heavy atom. The van der Waals surface area contributed by atoms with Crippen LogP contribution in [0.25, 0.3) is 10.8 Å². The van der Waals surface area contributed by atoms with Gasteiger partial charge >= 0.3 is 12.1 Å². The molecule has 2 atom stereocenters. The SMILES string of the molecule is O=C(O)C1CC2CCCC(C1)N2Cc1ccc2c(CF)c(NC3CCC(C(F)(F)F)CC3)ccc2c1. The van der Waals surface area contributed by atoms with Crippen LogP contribution in [-0.2, 0) is 18.0 Å². The van der Waals surface area contributed by atoms with Gasteiger partial charge in [0.1, 0.15) is 6.67 Å². The van der Waals surface area contributed by atoms with Crippen LogP contribution in [0.3, 0.4) is 0 Å². The van der Waals surface area contributed by atoms with Crippen molar-refractivity contribution in [3.8, 4) is 0 Å². The van der Waals surface area contributed by atoms with E-state index in [0.717, 1.165) is 42.1 Å².